The summed E-state index contributed by atoms with van der Waals surface area (Å²) >= 11 is 1.49. The Bertz CT molecular complexity index is 429. The first kappa shape index (κ1) is 13.8. The van der Waals surface area contributed by atoms with Crippen LogP contribution in [0.1, 0.15) is 17.3 Å². The van der Waals surface area contributed by atoms with Crippen molar-refractivity contribution in [2.45, 2.75) is 18.2 Å². The molecule has 17 heavy (non-hydrogen) atoms. The number of thioether (sulfide) groups is 1. The second-order valence-electron chi connectivity index (χ2n) is 3.66. The van der Waals surface area contributed by atoms with Crippen LogP contribution in [0.2, 0.25) is 0 Å². The summed E-state index contributed by atoms with van der Waals surface area (Å²) in [5.74, 6) is -0.309. The number of rotatable bonds is 5. The molecule has 0 aliphatic rings. The zero-order valence-electron chi connectivity index (χ0n) is 9.77. The molecule has 0 radical (unpaired) electrons. The Hall–Kier alpha value is -1.27. The fourth-order valence-electron chi connectivity index (χ4n) is 1.41. The lowest BCUT2D eigenvalue weighted by atomic mass is 10.2. The topological polar surface area (TPSA) is 82.2 Å². The highest BCUT2D eigenvalue weighted by molar-refractivity contribution is 7.99. The van der Waals surface area contributed by atoms with Crippen molar-refractivity contribution in [2.75, 3.05) is 12.9 Å². The molecule has 1 amide bonds. The van der Waals surface area contributed by atoms with E-state index in [2.05, 4.69) is 10.3 Å². The second kappa shape index (κ2) is 6.46. The molecule has 0 saturated carbocycles. The summed E-state index contributed by atoms with van der Waals surface area (Å²) in [5, 5.41) is 11.8. The summed E-state index contributed by atoms with van der Waals surface area (Å²) in [7, 11) is 0. The van der Waals surface area contributed by atoms with Crippen molar-refractivity contribution in [1.29, 1.82) is 0 Å². The van der Waals surface area contributed by atoms with Crippen molar-refractivity contribution in [2.24, 2.45) is 0 Å². The average Bonchev–Trinajstić information content (AvgIpc) is 2.30. The minimum atomic E-state index is -0.311. The standard InChI is InChI=1S/C11H16N2O3S/c1-7(9(6-14)17-2)13-11(16)8-3-4-12-10(15)5-8/h3-5,7,9,14H,6H2,1-2H3,(H,12,15)(H,13,16). The average molecular weight is 256 g/mol. The lowest BCUT2D eigenvalue weighted by molar-refractivity contribution is 0.0935. The number of aliphatic hydroxyl groups excluding tert-OH is 1. The highest BCUT2D eigenvalue weighted by atomic mass is 32.2. The van der Waals surface area contributed by atoms with E-state index in [9.17, 15) is 9.59 Å². The van der Waals surface area contributed by atoms with E-state index in [1.54, 1.807) is 0 Å². The number of hydrogen-bond donors (Lipinski definition) is 3. The van der Waals surface area contributed by atoms with E-state index >= 15 is 0 Å². The molecule has 5 nitrogen and oxygen atoms in total. The molecule has 1 heterocycles. The van der Waals surface area contributed by atoms with Gasteiger partial charge in [0.05, 0.1) is 6.61 Å². The van der Waals surface area contributed by atoms with Gasteiger partial charge < -0.3 is 15.4 Å². The zero-order chi connectivity index (χ0) is 12.8. The van der Waals surface area contributed by atoms with Crippen molar-refractivity contribution in [1.82, 2.24) is 10.3 Å². The van der Waals surface area contributed by atoms with Gasteiger partial charge in [0.2, 0.25) is 5.56 Å². The van der Waals surface area contributed by atoms with Crippen LogP contribution in [-0.2, 0) is 0 Å². The number of H-pyrrole nitrogens is 1. The van der Waals surface area contributed by atoms with Crippen LogP contribution in [0.4, 0.5) is 0 Å². The van der Waals surface area contributed by atoms with Gasteiger partial charge in [-0.1, -0.05) is 0 Å². The van der Waals surface area contributed by atoms with E-state index in [4.69, 9.17) is 5.11 Å². The Morgan fingerprint density at radius 3 is 2.88 bits per heavy atom. The summed E-state index contributed by atoms with van der Waals surface area (Å²) in [6, 6.07) is 2.62. The first-order valence-electron chi connectivity index (χ1n) is 5.21. The fraction of sp³-hybridized carbons (Fsp3) is 0.455. The molecule has 3 N–H and O–H groups in total. The fourth-order valence-corrected chi connectivity index (χ4v) is 2.03. The van der Waals surface area contributed by atoms with Crippen LogP contribution in [0.25, 0.3) is 0 Å². The molecule has 1 rings (SSSR count). The van der Waals surface area contributed by atoms with Gasteiger partial charge in [0.15, 0.2) is 0 Å². The van der Waals surface area contributed by atoms with Gasteiger partial charge in [-0.3, -0.25) is 9.59 Å². The maximum Gasteiger partial charge on any atom is 0.251 e. The Morgan fingerprint density at radius 1 is 1.65 bits per heavy atom. The highest BCUT2D eigenvalue weighted by Crippen LogP contribution is 2.10. The molecular formula is C11H16N2O3S. The molecule has 0 saturated heterocycles. The van der Waals surface area contributed by atoms with Crippen molar-refractivity contribution < 1.29 is 9.90 Å². The van der Waals surface area contributed by atoms with Crippen LogP contribution in [0.15, 0.2) is 23.1 Å². The van der Waals surface area contributed by atoms with E-state index in [1.807, 2.05) is 13.2 Å². The molecule has 94 valence electrons. The van der Waals surface area contributed by atoms with Crippen LogP contribution in [-0.4, -0.2) is 40.2 Å². The third-order valence-corrected chi connectivity index (χ3v) is 3.60. The Kier molecular flexibility index (Phi) is 5.24. The third-order valence-electron chi connectivity index (χ3n) is 2.44. The van der Waals surface area contributed by atoms with Crippen molar-refractivity contribution in [3.63, 3.8) is 0 Å². The molecule has 2 unspecified atom stereocenters. The van der Waals surface area contributed by atoms with Gasteiger partial charge in [0, 0.05) is 29.1 Å². The maximum absolute atomic E-state index is 11.8. The largest absolute Gasteiger partial charge is 0.395 e. The minimum absolute atomic E-state index is 0.00200. The van der Waals surface area contributed by atoms with Crippen LogP contribution >= 0.6 is 11.8 Å². The van der Waals surface area contributed by atoms with E-state index < -0.39 is 0 Å². The van der Waals surface area contributed by atoms with E-state index in [0.29, 0.717) is 5.56 Å². The molecular weight excluding hydrogens is 240 g/mol. The van der Waals surface area contributed by atoms with Gasteiger partial charge in [-0.25, -0.2) is 0 Å². The summed E-state index contributed by atoms with van der Waals surface area (Å²) in [4.78, 5) is 25.3. The minimum Gasteiger partial charge on any atom is -0.395 e. The number of aromatic nitrogens is 1. The number of nitrogens with one attached hydrogen (secondary N) is 2. The first-order chi connectivity index (χ1) is 8.08. The van der Waals surface area contributed by atoms with Gasteiger partial charge in [0.1, 0.15) is 0 Å². The van der Waals surface area contributed by atoms with Crippen molar-refractivity contribution in [3.8, 4) is 0 Å². The number of hydrogen-bond acceptors (Lipinski definition) is 4. The molecule has 1 aromatic heterocycles. The molecule has 0 bridgehead atoms. The summed E-state index contributed by atoms with van der Waals surface area (Å²) < 4.78 is 0. The van der Waals surface area contributed by atoms with Crippen LogP contribution in [0.5, 0.6) is 0 Å². The Labute approximate surface area is 104 Å². The third kappa shape index (κ3) is 3.90. The number of carbonyl (C=O) groups is 1. The number of carbonyl (C=O) groups excluding carboxylic acids is 1. The van der Waals surface area contributed by atoms with E-state index in [0.717, 1.165) is 0 Å². The summed E-state index contributed by atoms with van der Waals surface area (Å²) in [6.07, 6.45) is 3.30. The molecule has 1 aromatic rings. The Morgan fingerprint density at radius 2 is 2.35 bits per heavy atom. The quantitative estimate of drug-likeness (QED) is 0.703. The van der Waals surface area contributed by atoms with Gasteiger partial charge >= 0.3 is 0 Å². The summed E-state index contributed by atoms with van der Waals surface area (Å²) in [6.45, 7) is 1.82. The van der Waals surface area contributed by atoms with Crippen LogP contribution in [0.3, 0.4) is 0 Å². The molecule has 0 aromatic carbocycles. The smallest absolute Gasteiger partial charge is 0.251 e. The van der Waals surface area contributed by atoms with Gasteiger partial charge in [0.25, 0.3) is 5.91 Å². The number of pyridine rings is 1. The zero-order valence-corrected chi connectivity index (χ0v) is 10.6. The second-order valence-corrected chi connectivity index (χ2v) is 4.74. The normalized spacial score (nSPS) is 14.1. The molecule has 0 spiro atoms. The van der Waals surface area contributed by atoms with E-state index in [-0.39, 0.29) is 29.4 Å². The van der Waals surface area contributed by atoms with Crippen molar-refractivity contribution in [3.05, 3.63) is 34.2 Å². The molecule has 0 fully saturated rings. The number of aromatic amines is 1. The molecule has 6 heteroatoms. The SMILES string of the molecule is CSC(CO)C(C)NC(=O)c1cc[nH]c(=O)c1. The maximum atomic E-state index is 11.8. The predicted molar refractivity (Wildman–Crippen MR) is 68.4 cm³/mol. The van der Waals surface area contributed by atoms with Crippen LogP contribution in [0, 0.1) is 0 Å². The lowest BCUT2D eigenvalue weighted by Crippen LogP contribution is -2.41. The highest BCUT2D eigenvalue weighted by Gasteiger charge is 2.18. The summed E-state index contributed by atoms with van der Waals surface area (Å²) in [5.41, 5.74) is 0.00673. The number of aliphatic hydroxyl groups is 1. The first-order valence-corrected chi connectivity index (χ1v) is 6.50. The molecule has 0 aliphatic carbocycles. The Balaban J connectivity index is 2.69. The van der Waals surface area contributed by atoms with Gasteiger partial charge in [-0.05, 0) is 19.2 Å². The van der Waals surface area contributed by atoms with Crippen LogP contribution < -0.4 is 10.9 Å². The van der Waals surface area contributed by atoms with E-state index in [1.165, 1.54) is 30.1 Å². The predicted octanol–water partition coefficient (Wildman–Crippen LogP) is 0.217. The van der Waals surface area contributed by atoms with Gasteiger partial charge in [-0.2, -0.15) is 11.8 Å². The van der Waals surface area contributed by atoms with Crippen molar-refractivity contribution >= 4 is 17.7 Å². The number of amides is 1. The van der Waals surface area contributed by atoms with Gasteiger partial charge in [-0.15, -0.1) is 0 Å². The lowest BCUT2D eigenvalue weighted by Gasteiger charge is -2.21. The molecule has 2 atom stereocenters. The molecule has 0 aliphatic heterocycles. The monoisotopic (exact) mass is 256 g/mol.